The van der Waals surface area contributed by atoms with Crippen molar-refractivity contribution < 1.29 is 19.7 Å². The van der Waals surface area contributed by atoms with Crippen LogP contribution in [0.15, 0.2) is 12.1 Å². The van der Waals surface area contributed by atoms with Gasteiger partial charge in [-0.1, -0.05) is 0 Å². The van der Waals surface area contributed by atoms with E-state index < -0.39 is 5.97 Å². The molecule has 0 aromatic carbocycles. The Labute approximate surface area is 114 Å². The fourth-order valence-electron chi connectivity index (χ4n) is 2.28. The highest BCUT2D eigenvalue weighted by molar-refractivity contribution is 5.88. The maximum absolute atomic E-state index is 11.0. The van der Waals surface area contributed by atoms with Crippen LogP contribution in [0, 0.1) is 0 Å². The molecule has 1 aliphatic rings. The molecule has 2 N–H and O–H groups in total. The van der Waals surface area contributed by atoms with E-state index in [1.54, 1.807) is 6.07 Å². The van der Waals surface area contributed by atoms with Crippen LogP contribution in [0.1, 0.15) is 22.7 Å². The molecule has 0 spiro atoms. The number of nitrogens with zero attached hydrogens (tertiary/aromatic N) is 3. The molecule has 1 atom stereocenters. The largest absolute Gasteiger partial charge is 0.477 e. The fourth-order valence-corrected chi connectivity index (χ4v) is 2.28. The molecule has 3 rings (SSSR count). The van der Waals surface area contributed by atoms with Crippen molar-refractivity contribution in [2.45, 2.75) is 25.5 Å². The lowest BCUT2D eigenvalue weighted by Gasteiger charge is -2.27. The van der Waals surface area contributed by atoms with Crippen molar-refractivity contribution in [3.05, 3.63) is 23.7 Å². The Balaban J connectivity index is 2.06. The first kappa shape index (κ1) is 13.0. The normalized spacial score (nSPS) is 18.1. The van der Waals surface area contributed by atoms with Crippen molar-refractivity contribution in [1.82, 2.24) is 14.5 Å². The molecule has 2 aromatic rings. The van der Waals surface area contributed by atoms with Crippen LogP contribution in [-0.2, 0) is 17.7 Å². The van der Waals surface area contributed by atoms with Crippen molar-refractivity contribution in [2.24, 2.45) is 0 Å². The number of pyridine rings is 1. The summed E-state index contributed by atoms with van der Waals surface area (Å²) in [5, 5.41) is 18.1. The van der Waals surface area contributed by atoms with Crippen molar-refractivity contribution in [3.8, 4) is 0 Å². The summed E-state index contributed by atoms with van der Waals surface area (Å²) in [6.07, 6.45) is 1.49. The Morgan fingerprint density at radius 2 is 2.25 bits per heavy atom. The highest BCUT2D eigenvalue weighted by atomic mass is 16.5. The van der Waals surface area contributed by atoms with E-state index in [1.165, 1.54) is 6.07 Å². The average Bonchev–Trinajstić information content (AvgIpc) is 2.71. The quantitative estimate of drug-likeness (QED) is 0.823. The number of rotatable bonds is 5. The van der Waals surface area contributed by atoms with E-state index in [9.17, 15) is 4.79 Å². The summed E-state index contributed by atoms with van der Waals surface area (Å²) in [7, 11) is 0. The van der Waals surface area contributed by atoms with Crippen molar-refractivity contribution >= 4 is 17.1 Å². The van der Waals surface area contributed by atoms with E-state index >= 15 is 0 Å². The number of ether oxygens (including phenoxy) is 1. The van der Waals surface area contributed by atoms with E-state index in [-0.39, 0.29) is 18.4 Å². The number of aliphatic hydroxyl groups is 1. The maximum atomic E-state index is 11.0. The number of carboxylic acids is 1. The second-order valence-corrected chi connectivity index (χ2v) is 4.74. The Morgan fingerprint density at radius 3 is 2.85 bits per heavy atom. The molecular weight excluding hydrogens is 262 g/mol. The monoisotopic (exact) mass is 277 g/mol. The molecular formula is C13H15N3O4. The van der Waals surface area contributed by atoms with Crippen molar-refractivity contribution in [2.75, 3.05) is 13.2 Å². The summed E-state index contributed by atoms with van der Waals surface area (Å²) in [5.74, 6) is -0.365. The smallest absolute Gasteiger partial charge is 0.354 e. The van der Waals surface area contributed by atoms with Gasteiger partial charge >= 0.3 is 5.97 Å². The van der Waals surface area contributed by atoms with Crippen LogP contribution in [0.4, 0.5) is 0 Å². The molecule has 1 aliphatic heterocycles. The number of aliphatic hydroxyl groups excluding tert-OH is 1. The summed E-state index contributed by atoms with van der Waals surface area (Å²) in [5.41, 5.74) is 1.16. The van der Waals surface area contributed by atoms with Gasteiger partial charge in [0.2, 0.25) is 0 Å². The Bertz CT molecular complexity index is 648. The van der Waals surface area contributed by atoms with Gasteiger partial charge in [-0.15, -0.1) is 0 Å². The van der Waals surface area contributed by atoms with Gasteiger partial charge in [-0.05, 0) is 18.6 Å². The molecule has 106 valence electrons. The number of carbonyl (C=O) groups is 1. The second-order valence-electron chi connectivity index (χ2n) is 4.74. The van der Waals surface area contributed by atoms with Crippen LogP contribution in [-0.4, -0.2) is 50.0 Å². The van der Waals surface area contributed by atoms with E-state index in [0.29, 0.717) is 30.0 Å². The van der Waals surface area contributed by atoms with Gasteiger partial charge in [0.25, 0.3) is 0 Å². The maximum Gasteiger partial charge on any atom is 0.354 e. The molecule has 7 nitrogen and oxygen atoms in total. The van der Waals surface area contributed by atoms with Gasteiger partial charge in [0.1, 0.15) is 11.3 Å². The van der Waals surface area contributed by atoms with E-state index in [1.807, 2.05) is 4.57 Å². The third-order valence-electron chi connectivity index (χ3n) is 3.41. The number of fused-ring (bicyclic) bond motifs is 1. The van der Waals surface area contributed by atoms with Crippen molar-refractivity contribution in [3.63, 3.8) is 0 Å². The summed E-state index contributed by atoms with van der Waals surface area (Å²) in [6, 6.07) is 3.08. The number of imidazole rings is 1. The number of aromatic nitrogens is 3. The highest BCUT2D eigenvalue weighted by Gasteiger charge is 2.22. The minimum Gasteiger partial charge on any atom is -0.477 e. The first-order valence-electron chi connectivity index (χ1n) is 6.51. The van der Waals surface area contributed by atoms with Crippen LogP contribution >= 0.6 is 0 Å². The number of hydrogen-bond donors (Lipinski definition) is 2. The van der Waals surface area contributed by atoms with Gasteiger partial charge in [0, 0.05) is 13.0 Å². The van der Waals surface area contributed by atoms with E-state index in [0.717, 1.165) is 13.0 Å². The third kappa shape index (κ3) is 2.25. The van der Waals surface area contributed by atoms with Crippen LogP contribution in [0.3, 0.4) is 0 Å². The van der Waals surface area contributed by atoms with Crippen LogP contribution in [0.5, 0.6) is 0 Å². The van der Waals surface area contributed by atoms with Gasteiger partial charge < -0.3 is 19.5 Å². The zero-order valence-electron chi connectivity index (χ0n) is 10.8. The topological polar surface area (TPSA) is 97.5 Å². The zero-order chi connectivity index (χ0) is 14.1. The highest BCUT2D eigenvalue weighted by Crippen LogP contribution is 2.20. The molecule has 0 unspecified atom stereocenters. The summed E-state index contributed by atoms with van der Waals surface area (Å²) in [6.45, 7) is 1.32. The van der Waals surface area contributed by atoms with E-state index in [4.69, 9.17) is 14.9 Å². The van der Waals surface area contributed by atoms with Gasteiger partial charge in [0.05, 0.1) is 19.3 Å². The lowest BCUT2D eigenvalue weighted by atomic mass is 10.2. The SMILES string of the molecule is O=C(O)c1ccc2nc(CCO)n(C[C@@H]3CCO3)c2n1. The molecule has 0 radical (unpaired) electrons. The minimum absolute atomic E-state index is 0.0104. The molecule has 1 saturated heterocycles. The average molecular weight is 277 g/mol. The summed E-state index contributed by atoms with van der Waals surface area (Å²) in [4.78, 5) is 19.6. The van der Waals surface area contributed by atoms with Gasteiger partial charge in [-0.3, -0.25) is 0 Å². The Morgan fingerprint density at radius 1 is 1.45 bits per heavy atom. The lowest BCUT2D eigenvalue weighted by molar-refractivity contribution is -0.0591. The molecule has 0 amide bonds. The predicted octanol–water partition coefficient (Wildman–Crippen LogP) is 0.453. The number of hydrogen-bond acceptors (Lipinski definition) is 5. The summed E-state index contributed by atoms with van der Waals surface area (Å²) < 4.78 is 7.26. The number of aromatic carboxylic acids is 1. The fraction of sp³-hybridized carbons (Fsp3) is 0.462. The Kier molecular flexibility index (Phi) is 3.37. The van der Waals surface area contributed by atoms with Crippen LogP contribution < -0.4 is 0 Å². The molecule has 7 heteroatoms. The minimum atomic E-state index is -1.07. The van der Waals surface area contributed by atoms with Gasteiger partial charge in [-0.25, -0.2) is 14.8 Å². The summed E-state index contributed by atoms with van der Waals surface area (Å²) >= 11 is 0. The van der Waals surface area contributed by atoms with Gasteiger partial charge in [-0.2, -0.15) is 0 Å². The van der Waals surface area contributed by atoms with Crippen LogP contribution in [0.25, 0.3) is 11.2 Å². The first-order chi connectivity index (χ1) is 9.69. The molecule has 0 saturated carbocycles. The Hall–Kier alpha value is -1.99. The van der Waals surface area contributed by atoms with Gasteiger partial charge in [0.15, 0.2) is 11.3 Å². The standard InChI is InChI=1S/C13H15N3O4/c17-5-3-11-14-9-1-2-10(13(18)19)15-12(9)16(11)7-8-4-6-20-8/h1-2,8,17H,3-7H2,(H,18,19)/t8-/m0/s1. The molecule has 2 aromatic heterocycles. The molecule has 0 bridgehead atoms. The molecule has 0 aliphatic carbocycles. The van der Waals surface area contributed by atoms with E-state index in [2.05, 4.69) is 9.97 Å². The predicted molar refractivity (Wildman–Crippen MR) is 69.6 cm³/mol. The molecule has 20 heavy (non-hydrogen) atoms. The third-order valence-corrected chi connectivity index (χ3v) is 3.41. The number of carboxylic acid groups (broad SMARTS) is 1. The van der Waals surface area contributed by atoms with Crippen molar-refractivity contribution in [1.29, 1.82) is 0 Å². The second kappa shape index (κ2) is 5.18. The molecule has 3 heterocycles. The first-order valence-corrected chi connectivity index (χ1v) is 6.51. The van der Waals surface area contributed by atoms with Crippen LogP contribution in [0.2, 0.25) is 0 Å². The zero-order valence-corrected chi connectivity index (χ0v) is 10.8. The lowest BCUT2D eigenvalue weighted by Crippen LogP contribution is -2.32. The molecule has 1 fully saturated rings.